The normalized spacial score (nSPS) is 21.6. The molecule has 11 heteroatoms. The first kappa shape index (κ1) is 24.0. The Morgan fingerprint density at radius 3 is 2.48 bits per heavy atom. The molecule has 2 fully saturated rings. The molecule has 0 aliphatic carbocycles. The predicted molar refractivity (Wildman–Crippen MR) is 116 cm³/mol. The maximum atomic E-state index is 13.5. The van der Waals surface area contributed by atoms with Gasteiger partial charge < -0.3 is 25.6 Å². The van der Waals surface area contributed by atoms with Crippen LogP contribution in [-0.2, 0) is 24.0 Å². The standard InChI is InChI=1S/C22H28N4O7/c1-12-8-14(9-13(2)20(12)31)23-16-5-6-18(28)25-7-3-4-17(26(25)22(16)33)21(32)24-15(11-27)10-19(29)30/h8-9,11,15-17,23,31H,3-7,10H2,1-2H3,(H,24,32)(H,29,30). The number of phenolic OH excluding ortho intramolecular Hbond substituents is 1. The number of aromatic hydroxyl groups is 1. The van der Waals surface area contributed by atoms with Crippen LogP contribution in [0.25, 0.3) is 0 Å². The molecule has 0 radical (unpaired) electrons. The first-order valence-electron chi connectivity index (χ1n) is 10.8. The second-order valence-corrected chi connectivity index (χ2v) is 8.40. The van der Waals surface area contributed by atoms with Crippen LogP contribution in [-0.4, -0.2) is 74.9 Å². The SMILES string of the molecule is Cc1cc(NC2CCC(=O)N3CCCC(C(=O)NC(C=O)CC(=O)O)N3C2=O)cc(C)c1O. The predicted octanol–water partition coefficient (Wildman–Crippen LogP) is 0.476. The summed E-state index contributed by atoms with van der Waals surface area (Å²) in [4.78, 5) is 61.3. The van der Waals surface area contributed by atoms with E-state index < -0.39 is 42.3 Å². The van der Waals surface area contributed by atoms with Crippen molar-refractivity contribution in [1.82, 2.24) is 15.3 Å². The lowest BCUT2D eigenvalue weighted by Gasteiger charge is -2.43. The largest absolute Gasteiger partial charge is 0.507 e. The maximum Gasteiger partial charge on any atom is 0.305 e. The molecule has 0 bridgehead atoms. The number of carboxylic acid groups (broad SMARTS) is 1. The van der Waals surface area contributed by atoms with E-state index in [4.69, 9.17) is 5.11 Å². The number of carbonyl (C=O) groups is 5. The van der Waals surface area contributed by atoms with Gasteiger partial charge in [0.05, 0.1) is 12.5 Å². The highest BCUT2D eigenvalue weighted by Crippen LogP contribution is 2.29. The summed E-state index contributed by atoms with van der Waals surface area (Å²) >= 11 is 0. The van der Waals surface area contributed by atoms with Crippen LogP contribution >= 0.6 is 0 Å². The fourth-order valence-electron chi connectivity index (χ4n) is 4.25. The number of hydrogen-bond donors (Lipinski definition) is 4. The quantitative estimate of drug-likeness (QED) is 0.338. The molecule has 33 heavy (non-hydrogen) atoms. The van der Waals surface area contributed by atoms with Crippen molar-refractivity contribution in [1.29, 1.82) is 0 Å². The number of aldehydes is 1. The van der Waals surface area contributed by atoms with Gasteiger partial charge in [-0.15, -0.1) is 0 Å². The number of hydrazine groups is 1. The molecule has 0 spiro atoms. The Kier molecular flexibility index (Phi) is 7.19. The van der Waals surface area contributed by atoms with E-state index in [1.165, 1.54) is 5.01 Å². The Morgan fingerprint density at radius 2 is 1.88 bits per heavy atom. The van der Waals surface area contributed by atoms with Crippen molar-refractivity contribution in [3.63, 3.8) is 0 Å². The zero-order valence-corrected chi connectivity index (χ0v) is 18.5. The number of phenols is 1. The summed E-state index contributed by atoms with van der Waals surface area (Å²) in [5.74, 6) is -2.53. The maximum absolute atomic E-state index is 13.5. The summed E-state index contributed by atoms with van der Waals surface area (Å²) in [5.41, 5.74) is 1.86. The Morgan fingerprint density at radius 1 is 1.21 bits per heavy atom. The van der Waals surface area contributed by atoms with Gasteiger partial charge in [0.2, 0.25) is 11.8 Å². The van der Waals surface area contributed by atoms with Crippen LogP contribution < -0.4 is 10.6 Å². The number of benzene rings is 1. The Hall–Kier alpha value is -3.63. The number of hydrogen-bond acceptors (Lipinski definition) is 7. The van der Waals surface area contributed by atoms with Gasteiger partial charge in [0.1, 0.15) is 24.1 Å². The van der Waals surface area contributed by atoms with Crippen molar-refractivity contribution in [3.8, 4) is 5.75 Å². The minimum absolute atomic E-state index is 0.0975. The molecule has 0 saturated carbocycles. The molecule has 178 valence electrons. The monoisotopic (exact) mass is 460 g/mol. The second-order valence-electron chi connectivity index (χ2n) is 8.40. The van der Waals surface area contributed by atoms with E-state index in [0.717, 1.165) is 5.01 Å². The average molecular weight is 460 g/mol. The van der Waals surface area contributed by atoms with Gasteiger partial charge in [-0.05, 0) is 56.4 Å². The molecular formula is C22H28N4O7. The molecule has 2 aliphatic rings. The van der Waals surface area contributed by atoms with Crippen LogP contribution in [0, 0.1) is 13.8 Å². The van der Waals surface area contributed by atoms with Crippen LogP contribution in [0.2, 0.25) is 0 Å². The van der Waals surface area contributed by atoms with Crippen LogP contribution in [0.3, 0.4) is 0 Å². The molecule has 2 aliphatic heterocycles. The summed E-state index contributed by atoms with van der Waals surface area (Å²) in [6.45, 7) is 3.75. The smallest absolute Gasteiger partial charge is 0.305 e. The molecule has 3 unspecified atom stereocenters. The third kappa shape index (κ3) is 5.24. The molecule has 3 atom stereocenters. The van der Waals surface area contributed by atoms with Crippen molar-refractivity contribution in [2.75, 3.05) is 11.9 Å². The fraction of sp³-hybridized carbons (Fsp3) is 0.500. The summed E-state index contributed by atoms with van der Waals surface area (Å²) in [5, 5.41) is 26.8. The average Bonchev–Trinajstić information content (AvgIpc) is 2.88. The summed E-state index contributed by atoms with van der Waals surface area (Å²) in [7, 11) is 0. The minimum Gasteiger partial charge on any atom is -0.507 e. The molecule has 0 aromatic heterocycles. The summed E-state index contributed by atoms with van der Waals surface area (Å²) in [6.07, 6.45) is 0.815. The van der Waals surface area contributed by atoms with E-state index >= 15 is 0 Å². The number of carboxylic acids is 1. The van der Waals surface area contributed by atoms with Crippen LogP contribution in [0.1, 0.15) is 43.2 Å². The number of nitrogens with one attached hydrogen (secondary N) is 2. The van der Waals surface area contributed by atoms with Gasteiger partial charge in [-0.3, -0.25) is 24.2 Å². The first-order chi connectivity index (χ1) is 15.6. The summed E-state index contributed by atoms with van der Waals surface area (Å²) < 4.78 is 0. The number of anilines is 1. The molecular weight excluding hydrogens is 432 g/mol. The number of rotatable bonds is 7. The summed E-state index contributed by atoms with van der Waals surface area (Å²) in [6, 6.07) is 0.316. The lowest BCUT2D eigenvalue weighted by atomic mass is 10.0. The highest BCUT2D eigenvalue weighted by molar-refractivity contribution is 5.95. The lowest BCUT2D eigenvalue weighted by Crippen LogP contribution is -2.63. The number of aryl methyl sites for hydroxylation is 2. The number of carbonyl (C=O) groups excluding carboxylic acids is 4. The third-order valence-corrected chi connectivity index (χ3v) is 5.88. The van der Waals surface area contributed by atoms with Crippen molar-refractivity contribution < 1.29 is 34.2 Å². The van der Waals surface area contributed by atoms with Gasteiger partial charge >= 0.3 is 5.97 Å². The second kappa shape index (κ2) is 9.88. The Bertz CT molecular complexity index is 956. The highest BCUT2D eigenvalue weighted by Gasteiger charge is 2.44. The van der Waals surface area contributed by atoms with Crippen LogP contribution in [0.4, 0.5) is 5.69 Å². The number of aliphatic carboxylic acids is 1. The van der Waals surface area contributed by atoms with Gasteiger partial charge in [-0.25, -0.2) is 5.01 Å². The van der Waals surface area contributed by atoms with Gasteiger partial charge in [-0.1, -0.05) is 0 Å². The number of nitrogens with zero attached hydrogens (tertiary/aromatic N) is 2. The molecule has 4 N–H and O–H groups in total. The van der Waals surface area contributed by atoms with E-state index in [-0.39, 0.29) is 37.5 Å². The van der Waals surface area contributed by atoms with Gasteiger partial charge in [0.25, 0.3) is 5.91 Å². The highest BCUT2D eigenvalue weighted by atomic mass is 16.4. The van der Waals surface area contributed by atoms with E-state index in [2.05, 4.69) is 10.6 Å². The molecule has 1 aromatic carbocycles. The number of fused-ring (bicyclic) bond motifs is 1. The zero-order chi connectivity index (χ0) is 24.3. The third-order valence-electron chi connectivity index (χ3n) is 5.88. The molecule has 2 saturated heterocycles. The molecule has 11 nitrogen and oxygen atoms in total. The fourth-order valence-corrected chi connectivity index (χ4v) is 4.25. The van der Waals surface area contributed by atoms with E-state index in [9.17, 15) is 29.1 Å². The van der Waals surface area contributed by atoms with Gasteiger partial charge in [-0.2, -0.15) is 0 Å². The van der Waals surface area contributed by atoms with Crippen LogP contribution in [0.15, 0.2) is 12.1 Å². The Labute approximate surface area is 190 Å². The molecule has 3 rings (SSSR count). The van der Waals surface area contributed by atoms with Gasteiger partial charge in [0.15, 0.2) is 0 Å². The van der Waals surface area contributed by atoms with E-state index in [0.29, 0.717) is 29.5 Å². The topological polar surface area (TPSA) is 156 Å². The van der Waals surface area contributed by atoms with Crippen molar-refractivity contribution in [2.45, 2.75) is 64.1 Å². The van der Waals surface area contributed by atoms with Crippen molar-refractivity contribution in [3.05, 3.63) is 23.3 Å². The minimum atomic E-state index is -1.25. The van der Waals surface area contributed by atoms with E-state index in [1.807, 2.05) is 0 Å². The zero-order valence-electron chi connectivity index (χ0n) is 18.5. The Balaban J connectivity index is 1.85. The number of amides is 3. The first-order valence-corrected chi connectivity index (χ1v) is 10.8. The van der Waals surface area contributed by atoms with E-state index in [1.54, 1.807) is 26.0 Å². The molecule has 2 heterocycles. The van der Waals surface area contributed by atoms with Crippen molar-refractivity contribution >= 4 is 35.7 Å². The molecule has 3 amide bonds. The molecule has 1 aromatic rings. The van der Waals surface area contributed by atoms with Crippen molar-refractivity contribution in [2.24, 2.45) is 0 Å². The lowest BCUT2D eigenvalue weighted by molar-refractivity contribution is -0.175. The van der Waals surface area contributed by atoms with Crippen LogP contribution in [0.5, 0.6) is 5.75 Å². The van der Waals surface area contributed by atoms with Gasteiger partial charge in [0, 0.05) is 18.7 Å².